The smallest absolute Gasteiger partial charge is 0.406 e. The lowest BCUT2D eigenvalue weighted by molar-refractivity contribution is -0.274. The van der Waals surface area contributed by atoms with E-state index in [0.29, 0.717) is 11.3 Å². The summed E-state index contributed by atoms with van der Waals surface area (Å²) in [5, 5.41) is 0. The molecule has 1 amide bonds. The molecule has 0 atom stereocenters. The number of rotatable bonds is 4. The third-order valence-electron chi connectivity index (χ3n) is 2.42. The van der Waals surface area contributed by atoms with E-state index in [1.165, 1.54) is 24.4 Å². The number of hydrogen-bond acceptors (Lipinski definition) is 4. The lowest BCUT2D eigenvalue weighted by atomic mass is 9.99. The van der Waals surface area contributed by atoms with Gasteiger partial charge < -0.3 is 4.74 Å². The van der Waals surface area contributed by atoms with Crippen molar-refractivity contribution in [1.29, 1.82) is 0 Å². The minimum absolute atomic E-state index is 0.00954. The van der Waals surface area contributed by atoms with Gasteiger partial charge in [-0.05, 0) is 24.3 Å². The van der Waals surface area contributed by atoms with Gasteiger partial charge in [-0.15, -0.1) is 13.2 Å². The standard InChI is InChI=1S/C13H9BF3N3O2/c14-9-4-5-11(18-7-9)19-20-12(21)8-2-1-3-10(6-8)22-13(15,16)17/h1-7H,(H,18,19)(H,20,21). The van der Waals surface area contributed by atoms with Crippen molar-refractivity contribution >= 4 is 25.0 Å². The molecular weight excluding hydrogens is 298 g/mol. The number of hydrogen-bond donors (Lipinski definition) is 2. The number of pyridine rings is 1. The topological polar surface area (TPSA) is 63.2 Å². The Morgan fingerprint density at radius 2 is 2.00 bits per heavy atom. The number of amides is 1. The highest BCUT2D eigenvalue weighted by Gasteiger charge is 2.31. The van der Waals surface area contributed by atoms with Crippen LogP contribution in [0, 0.1) is 0 Å². The Bertz CT molecular complexity index is 662. The molecule has 0 saturated carbocycles. The van der Waals surface area contributed by atoms with Gasteiger partial charge in [-0.3, -0.25) is 15.6 Å². The zero-order chi connectivity index (χ0) is 16.2. The lowest BCUT2D eigenvalue weighted by Gasteiger charge is -2.11. The average Bonchev–Trinajstić information content (AvgIpc) is 2.45. The number of anilines is 1. The van der Waals surface area contributed by atoms with Crippen molar-refractivity contribution in [3.63, 3.8) is 0 Å². The molecule has 22 heavy (non-hydrogen) atoms. The van der Waals surface area contributed by atoms with Crippen molar-refractivity contribution in [3.8, 4) is 5.75 Å². The highest BCUT2D eigenvalue weighted by Crippen LogP contribution is 2.23. The molecule has 2 rings (SSSR count). The SMILES string of the molecule is [B]c1ccc(NNC(=O)c2cccc(OC(F)(F)F)c2)nc1. The fraction of sp³-hybridized carbons (Fsp3) is 0.0769. The van der Waals surface area contributed by atoms with Crippen molar-refractivity contribution in [3.05, 3.63) is 48.2 Å². The number of hydrazine groups is 1. The number of halogens is 3. The monoisotopic (exact) mass is 307 g/mol. The Balaban J connectivity index is 2.00. The van der Waals surface area contributed by atoms with Crippen LogP contribution in [0.2, 0.25) is 0 Å². The van der Waals surface area contributed by atoms with Gasteiger partial charge in [0.15, 0.2) is 0 Å². The first-order valence-corrected chi connectivity index (χ1v) is 5.97. The maximum Gasteiger partial charge on any atom is 0.573 e. The van der Waals surface area contributed by atoms with Gasteiger partial charge in [0.05, 0.1) is 0 Å². The van der Waals surface area contributed by atoms with Crippen LogP contribution in [0.4, 0.5) is 19.0 Å². The quantitative estimate of drug-likeness (QED) is 0.664. The van der Waals surface area contributed by atoms with Gasteiger partial charge in [-0.25, -0.2) is 4.98 Å². The van der Waals surface area contributed by atoms with E-state index < -0.39 is 18.0 Å². The highest BCUT2D eigenvalue weighted by atomic mass is 19.4. The summed E-state index contributed by atoms with van der Waals surface area (Å²) in [6.07, 6.45) is -3.44. The molecule has 0 aliphatic heterocycles. The van der Waals surface area contributed by atoms with Crippen molar-refractivity contribution < 1.29 is 22.7 Å². The van der Waals surface area contributed by atoms with Crippen LogP contribution in [0.5, 0.6) is 5.75 Å². The third kappa shape index (κ3) is 4.69. The van der Waals surface area contributed by atoms with Crippen molar-refractivity contribution in [2.45, 2.75) is 6.36 Å². The van der Waals surface area contributed by atoms with Gasteiger partial charge in [0, 0.05) is 11.8 Å². The Morgan fingerprint density at radius 1 is 1.23 bits per heavy atom. The molecule has 2 N–H and O–H groups in total. The number of ether oxygens (including phenoxy) is 1. The molecule has 0 fully saturated rings. The van der Waals surface area contributed by atoms with Crippen LogP contribution in [-0.2, 0) is 0 Å². The summed E-state index contributed by atoms with van der Waals surface area (Å²) in [5.41, 5.74) is 5.25. The van der Waals surface area contributed by atoms with Gasteiger partial charge in [-0.2, -0.15) is 0 Å². The van der Waals surface area contributed by atoms with Crippen LogP contribution in [-0.4, -0.2) is 25.1 Å². The molecule has 9 heteroatoms. The molecule has 1 aromatic carbocycles. The number of nitrogens with one attached hydrogen (secondary N) is 2. The maximum atomic E-state index is 12.1. The van der Waals surface area contributed by atoms with Crippen LogP contribution in [0.3, 0.4) is 0 Å². The summed E-state index contributed by atoms with van der Waals surface area (Å²) in [6.45, 7) is 0. The number of aromatic nitrogens is 1. The molecule has 112 valence electrons. The second kappa shape index (κ2) is 6.38. The maximum absolute atomic E-state index is 12.1. The second-order valence-corrected chi connectivity index (χ2v) is 4.13. The van der Waals surface area contributed by atoms with Crippen LogP contribution < -0.4 is 21.1 Å². The van der Waals surface area contributed by atoms with E-state index in [1.54, 1.807) is 6.07 Å². The summed E-state index contributed by atoms with van der Waals surface area (Å²) >= 11 is 0. The molecule has 5 nitrogen and oxygen atoms in total. The predicted octanol–water partition coefficient (Wildman–Crippen LogP) is 1.53. The molecule has 1 heterocycles. The fourth-order valence-electron chi connectivity index (χ4n) is 1.51. The Hall–Kier alpha value is -2.71. The van der Waals surface area contributed by atoms with Gasteiger partial charge in [0.1, 0.15) is 19.4 Å². The zero-order valence-electron chi connectivity index (χ0n) is 11.0. The van der Waals surface area contributed by atoms with Gasteiger partial charge >= 0.3 is 6.36 Å². The molecule has 0 unspecified atom stereocenters. The molecule has 0 aliphatic carbocycles. The summed E-state index contributed by atoms with van der Waals surface area (Å²) in [4.78, 5) is 15.7. The Morgan fingerprint density at radius 3 is 2.64 bits per heavy atom. The highest BCUT2D eigenvalue weighted by molar-refractivity contribution is 6.32. The van der Waals surface area contributed by atoms with E-state index >= 15 is 0 Å². The summed E-state index contributed by atoms with van der Waals surface area (Å²) in [6, 6.07) is 7.78. The summed E-state index contributed by atoms with van der Waals surface area (Å²) in [7, 11) is 5.46. The first-order chi connectivity index (χ1) is 10.3. The molecule has 0 bridgehead atoms. The van der Waals surface area contributed by atoms with E-state index in [4.69, 9.17) is 7.85 Å². The molecule has 0 spiro atoms. The largest absolute Gasteiger partial charge is 0.573 e. The van der Waals surface area contributed by atoms with Crippen molar-refractivity contribution in [1.82, 2.24) is 10.4 Å². The Labute approximate surface area is 124 Å². The van der Waals surface area contributed by atoms with Crippen LogP contribution >= 0.6 is 0 Å². The van der Waals surface area contributed by atoms with E-state index in [1.807, 2.05) is 0 Å². The number of carbonyl (C=O) groups excluding carboxylic acids is 1. The summed E-state index contributed by atoms with van der Waals surface area (Å²) < 4.78 is 40.1. The normalized spacial score (nSPS) is 10.9. The molecular formula is C13H9BF3N3O2. The van der Waals surface area contributed by atoms with Gasteiger partial charge in [0.2, 0.25) is 0 Å². The first kappa shape index (κ1) is 15.7. The van der Waals surface area contributed by atoms with Crippen molar-refractivity contribution in [2.75, 3.05) is 5.43 Å². The first-order valence-electron chi connectivity index (χ1n) is 5.97. The van der Waals surface area contributed by atoms with E-state index in [0.717, 1.165) is 12.1 Å². The van der Waals surface area contributed by atoms with Crippen molar-refractivity contribution in [2.24, 2.45) is 0 Å². The number of nitrogens with zero attached hydrogens (tertiary/aromatic N) is 1. The van der Waals surface area contributed by atoms with E-state index in [2.05, 4.69) is 20.6 Å². The molecule has 1 aromatic heterocycles. The Kier molecular flexibility index (Phi) is 4.54. The molecule has 0 aliphatic rings. The average molecular weight is 307 g/mol. The van der Waals surface area contributed by atoms with Gasteiger partial charge in [0.25, 0.3) is 5.91 Å². The van der Waals surface area contributed by atoms with Crippen LogP contribution in [0.15, 0.2) is 42.6 Å². The zero-order valence-corrected chi connectivity index (χ0v) is 11.0. The predicted molar refractivity (Wildman–Crippen MR) is 73.8 cm³/mol. The minimum atomic E-state index is -4.82. The van der Waals surface area contributed by atoms with E-state index in [9.17, 15) is 18.0 Å². The molecule has 0 saturated heterocycles. The van der Waals surface area contributed by atoms with Crippen LogP contribution in [0.1, 0.15) is 10.4 Å². The molecule has 2 aromatic rings. The van der Waals surface area contributed by atoms with E-state index in [-0.39, 0.29) is 5.56 Å². The van der Waals surface area contributed by atoms with Crippen LogP contribution in [0.25, 0.3) is 0 Å². The minimum Gasteiger partial charge on any atom is -0.406 e. The molecule has 2 radical (unpaired) electrons. The number of alkyl halides is 3. The second-order valence-electron chi connectivity index (χ2n) is 4.13. The lowest BCUT2D eigenvalue weighted by Crippen LogP contribution is -2.30. The number of carbonyl (C=O) groups is 1. The number of benzene rings is 1. The third-order valence-corrected chi connectivity index (χ3v) is 2.42. The fourth-order valence-corrected chi connectivity index (χ4v) is 1.51. The summed E-state index contributed by atoms with van der Waals surface area (Å²) in [5.74, 6) is -0.803. The van der Waals surface area contributed by atoms with Gasteiger partial charge in [-0.1, -0.05) is 17.6 Å².